The lowest BCUT2D eigenvalue weighted by molar-refractivity contribution is -0.204. The fourth-order valence-electron chi connectivity index (χ4n) is 6.79. The van der Waals surface area contributed by atoms with Crippen molar-refractivity contribution in [2.24, 2.45) is 29.1 Å². The number of hydrogen-bond acceptors (Lipinski definition) is 5. The van der Waals surface area contributed by atoms with Crippen molar-refractivity contribution in [2.45, 2.75) is 32.7 Å². The number of methoxy groups -OCH3 is 1. The highest BCUT2D eigenvalue weighted by Gasteiger charge is 2.76. The molecule has 6 rings (SSSR count). The second-order valence-electron chi connectivity index (χ2n) is 9.40. The van der Waals surface area contributed by atoms with Crippen LogP contribution in [-0.4, -0.2) is 48.8 Å². The molecule has 7 heteroatoms. The molecule has 162 valence electrons. The van der Waals surface area contributed by atoms with E-state index >= 15 is 0 Å². The Morgan fingerprint density at radius 2 is 1.65 bits per heavy atom. The van der Waals surface area contributed by atoms with Crippen LogP contribution in [0.2, 0.25) is 0 Å². The number of ether oxygens (including phenoxy) is 1. The van der Waals surface area contributed by atoms with Crippen molar-refractivity contribution in [3.05, 3.63) is 41.5 Å². The Bertz CT molecular complexity index is 1050. The summed E-state index contributed by atoms with van der Waals surface area (Å²) in [4.78, 5) is 56.9. The Kier molecular flexibility index (Phi) is 4.20. The predicted molar refractivity (Wildman–Crippen MR) is 112 cm³/mol. The van der Waals surface area contributed by atoms with Gasteiger partial charge >= 0.3 is 5.97 Å². The quantitative estimate of drug-likeness (QED) is 0.414. The molecule has 7 nitrogen and oxygen atoms in total. The zero-order valence-corrected chi connectivity index (χ0v) is 18.1. The fourth-order valence-corrected chi connectivity index (χ4v) is 6.79. The molecule has 0 radical (unpaired) electrons. The zero-order chi connectivity index (χ0) is 22.2. The maximum atomic E-state index is 13.6. The Labute approximate surface area is 181 Å². The predicted octanol–water partition coefficient (Wildman–Crippen LogP) is 2.17. The number of imide groups is 1. The summed E-state index contributed by atoms with van der Waals surface area (Å²) in [7, 11) is 3.03. The van der Waals surface area contributed by atoms with E-state index in [-0.39, 0.29) is 23.6 Å². The second kappa shape index (κ2) is 6.52. The smallest absolute Gasteiger partial charge is 0.313 e. The van der Waals surface area contributed by atoms with Crippen LogP contribution in [0.1, 0.15) is 26.7 Å². The van der Waals surface area contributed by atoms with E-state index in [1.165, 1.54) is 17.6 Å². The van der Waals surface area contributed by atoms with E-state index < -0.39 is 35.2 Å². The number of fused-ring (bicyclic) bond motifs is 1. The lowest BCUT2D eigenvalue weighted by Crippen LogP contribution is -2.74. The first kappa shape index (κ1) is 20.0. The van der Waals surface area contributed by atoms with Gasteiger partial charge in [0.05, 0.1) is 36.0 Å². The normalized spacial score (nSPS) is 36.6. The number of amides is 3. The van der Waals surface area contributed by atoms with Crippen LogP contribution in [0.25, 0.3) is 0 Å². The second-order valence-corrected chi connectivity index (χ2v) is 9.40. The van der Waals surface area contributed by atoms with E-state index in [0.717, 1.165) is 5.57 Å². The van der Waals surface area contributed by atoms with Gasteiger partial charge in [-0.15, -0.1) is 0 Å². The summed E-state index contributed by atoms with van der Waals surface area (Å²) in [5.41, 5.74) is 1.61. The number of benzene rings is 1. The SMILES string of the molecule is COC(=O)[C@]12CC(C)=C(C)C[C@@H]1[C@H]1[C@H]3C(=O)N(c4ccccc4)C(=O)[C@@H]3[C@H]2C(=O)N1C. The van der Waals surface area contributed by atoms with Crippen LogP contribution in [0.15, 0.2) is 41.5 Å². The third-order valence-electron chi connectivity index (χ3n) is 8.21. The number of carbonyl (C=O) groups is 4. The molecule has 3 saturated heterocycles. The highest BCUT2D eigenvalue weighted by atomic mass is 16.5. The molecular formula is C24H26N2O5. The Morgan fingerprint density at radius 1 is 1.00 bits per heavy atom. The average Bonchev–Trinajstić information content (AvgIpc) is 3.02. The van der Waals surface area contributed by atoms with Crippen molar-refractivity contribution in [3.63, 3.8) is 0 Å². The van der Waals surface area contributed by atoms with Crippen molar-refractivity contribution in [1.29, 1.82) is 0 Å². The maximum absolute atomic E-state index is 13.6. The van der Waals surface area contributed by atoms with Gasteiger partial charge in [-0.25, -0.2) is 4.90 Å². The first-order valence-corrected chi connectivity index (χ1v) is 10.7. The van der Waals surface area contributed by atoms with Crippen molar-refractivity contribution >= 4 is 29.4 Å². The van der Waals surface area contributed by atoms with Gasteiger partial charge in [-0.2, -0.15) is 0 Å². The molecule has 3 aliphatic heterocycles. The molecule has 5 aliphatic rings. The van der Waals surface area contributed by atoms with Gasteiger partial charge in [0.2, 0.25) is 17.7 Å². The minimum absolute atomic E-state index is 0.240. The van der Waals surface area contributed by atoms with Crippen LogP contribution in [0, 0.1) is 29.1 Å². The third-order valence-corrected chi connectivity index (χ3v) is 8.21. The molecule has 1 aromatic carbocycles. The number of esters is 1. The van der Waals surface area contributed by atoms with E-state index in [4.69, 9.17) is 4.74 Å². The molecule has 3 heterocycles. The van der Waals surface area contributed by atoms with Gasteiger partial charge in [0, 0.05) is 19.0 Å². The molecule has 0 spiro atoms. The first-order valence-electron chi connectivity index (χ1n) is 10.7. The molecule has 0 aromatic heterocycles. The largest absolute Gasteiger partial charge is 0.469 e. The number of nitrogens with zero attached hydrogens (tertiary/aromatic N) is 2. The van der Waals surface area contributed by atoms with E-state index in [1.54, 1.807) is 36.2 Å². The highest BCUT2D eigenvalue weighted by Crippen LogP contribution is 2.65. The lowest BCUT2D eigenvalue weighted by Gasteiger charge is -2.62. The van der Waals surface area contributed by atoms with Crippen LogP contribution in [0.5, 0.6) is 0 Å². The maximum Gasteiger partial charge on any atom is 0.313 e. The fraction of sp³-hybridized carbons (Fsp3) is 0.500. The number of anilines is 1. The van der Waals surface area contributed by atoms with Crippen LogP contribution in [0.4, 0.5) is 5.69 Å². The summed E-state index contributed by atoms with van der Waals surface area (Å²) < 4.78 is 5.25. The Balaban J connectivity index is 1.71. The van der Waals surface area contributed by atoms with Crippen LogP contribution in [-0.2, 0) is 23.9 Å². The van der Waals surface area contributed by atoms with E-state index in [0.29, 0.717) is 18.5 Å². The third kappa shape index (κ3) is 2.29. The summed E-state index contributed by atoms with van der Waals surface area (Å²) in [5, 5.41) is 0. The number of allylic oxidation sites excluding steroid dienone is 2. The number of hydrogen-bond donors (Lipinski definition) is 0. The number of para-hydroxylation sites is 1. The molecule has 2 aliphatic carbocycles. The van der Waals surface area contributed by atoms with E-state index in [1.807, 2.05) is 19.9 Å². The van der Waals surface area contributed by atoms with Gasteiger partial charge in [0.1, 0.15) is 0 Å². The highest BCUT2D eigenvalue weighted by molar-refractivity contribution is 6.24. The van der Waals surface area contributed by atoms with Crippen LogP contribution in [0.3, 0.4) is 0 Å². The summed E-state index contributed by atoms with van der Waals surface area (Å²) in [6.07, 6.45) is 0.989. The van der Waals surface area contributed by atoms with E-state index in [2.05, 4.69) is 0 Å². The number of carbonyl (C=O) groups excluding carboxylic acids is 4. The topological polar surface area (TPSA) is 84.0 Å². The Morgan fingerprint density at radius 3 is 2.29 bits per heavy atom. The standard InChI is InChI=1S/C24H26N2O5/c1-12-10-15-19-17-16(20(27)26(21(17)28)14-8-6-5-7-9-14)18(22(29)25(19)3)24(15,11-13(12)2)23(30)31-4/h5-9,15-19H,10-11H2,1-4H3/t15-,16+,17+,18+,19+,24-/m1/s1. The van der Waals surface area contributed by atoms with Crippen molar-refractivity contribution in [2.75, 3.05) is 19.1 Å². The summed E-state index contributed by atoms with van der Waals surface area (Å²) in [6, 6.07) is 8.29. The molecular weight excluding hydrogens is 396 g/mol. The lowest BCUT2D eigenvalue weighted by atomic mass is 9.44. The molecule has 0 N–H and O–H groups in total. The molecule has 2 bridgehead atoms. The monoisotopic (exact) mass is 422 g/mol. The van der Waals surface area contributed by atoms with Gasteiger partial charge in [0.25, 0.3) is 0 Å². The van der Waals surface area contributed by atoms with Crippen molar-refractivity contribution in [3.8, 4) is 0 Å². The van der Waals surface area contributed by atoms with Crippen molar-refractivity contribution in [1.82, 2.24) is 4.90 Å². The van der Waals surface area contributed by atoms with E-state index in [9.17, 15) is 19.2 Å². The summed E-state index contributed by atoms with van der Waals surface area (Å²) >= 11 is 0. The molecule has 4 fully saturated rings. The molecule has 1 saturated carbocycles. The number of piperidine rings is 2. The van der Waals surface area contributed by atoms with Gasteiger partial charge in [-0.05, 0) is 38.8 Å². The van der Waals surface area contributed by atoms with Crippen molar-refractivity contribution < 1.29 is 23.9 Å². The zero-order valence-electron chi connectivity index (χ0n) is 18.1. The van der Waals surface area contributed by atoms with Crippen LogP contribution >= 0.6 is 0 Å². The average molecular weight is 422 g/mol. The van der Waals surface area contributed by atoms with Gasteiger partial charge in [-0.3, -0.25) is 19.2 Å². The molecule has 31 heavy (non-hydrogen) atoms. The van der Waals surface area contributed by atoms with Crippen LogP contribution < -0.4 is 4.90 Å². The van der Waals surface area contributed by atoms with Gasteiger partial charge < -0.3 is 9.64 Å². The number of rotatable bonds is 2. The molecule has 3 amide bonds. The molecule has 6 atom stereocenters. The Hall–Kier alpha value is -2.96. The summed E-state index contributed by atoms with van der Waals surface area (Å²) in [6.45, 7) is 4.01. The molecule has 1 aromatic rings. The molecule has 0 unspecified atom stereocenters. The summed E-state index contributed by atoms with van der Waals surface area (Å²) in [5.74, 6) is -4.00. The van der Waals surface area contributed by atoms with Gasteiger partial charge in [0.15, 0.2) is 0 Å². The van der Waals surface area contributed by atoms with Gasteiger partial charge in [-0.1, -0.05) is 29.3 Å². The first-order chi connectivity index (χ1) is 14.8. The minimum Gasteiger partial charge on any atom is -0.469 e. The minimum atomic E-state index is -1.11.